The summed E-state index contributed by atoms with van der Waals surface area (Å²) in [6, 6.07) is 11.4. The average Bonchev–Trinajstić information content (AvgIpc) is 2.39. The van der Waals surface area contributed by atoms with Crippen molar-refractivity contribution in [2.45, 2.75) is 26.6 Å². The van der Waals surface area contributed by atoms with Crippen LogP contribution in [0.3, 0.4) is 0 Å². The topological polar surface area (TPSA) is 12.0 Å². The van der Waals surface area contributed by atoms with Crippen molar-refractivity contribution in [2.75, 3.05) is 5.32 Å². The van der Waals surface area contributed by atoms with Crippen molar-refractivity contribution < 1.29 is 13.2 Å². The number of hydrogen-bond donors (Lipinski definition) is 1. The number of nitrogens with one attached hydrogen (secondary N) is 1. The quantitative estimate of drug-likeness (QED) is 0.839. The second kappa shape index (κ2) is 5.57. The van der Waals surface area contributed by atoms with E-state index in [1.165, 1.54) is 12.1 Å². The van der Waals surface area contributed by atoms with Crippen LogP contribution in [-0.4, -0.2) is 0 Å². The van der Waals surface area contributed by atoms with E-state index in [0.717, 1.165) is 22.9 Å². The van der Waals surface area contributed by atoms with Gasteiger partial charge in [0.15, 0.2) is 0 Å². The monoisotopic (exact) mass is 279 g/mol. The van der Waals surface area contributed by atoms with Crippen LogP contribution in [0, 0.1) is 13.8 Å². The molecule has 0 saturated heterocycles. The minimum absolute atomic E-state index is 0.369. The minimum atomic E-state index is -4.30. The molecule has 0 aliphatic carbocycles. The summed E-state index contributed by atoms with van der Waals surface area (Å²) in [5.74, 6) is 0. The van der Waals surface area contributed by atoms with E-state index in [1.807, 2.05) is 32.0 Å². The lowest BCUT2D eigenvalue weighted by Gasteiger charge is -2.12. The zero-order valence-corrected chi connectivity index (χ0v) is 11.4. The van der Waals surface area contributed by atoms with Crippen LogP contribution in [0.5, 0.6) is 0 Å². The second-order valence-electron chi connectivity index (χ2n) is 4.87. The molecule has 2 aromatic carbocycles. The summed E-state index contributed by atoms with van der Waals surface area (Å²) in [6.45, 7) is 4.32. The van der Waals surface area contributed by atoms with Gasteiger partial charge in [-0.3, -0.25) is 0 Å². The van der Waals surface area contributed by atoms with Crippen molar-refractivity contribution in [2.24, 2.45) is 0 Å². The first-order chi connectivity index (χ1) is 9.36. The van der Waals surface area contributed by atoms with Gasteiger partial charge in [0.05, 0.1) is 5.56 Å². The van der Waals surface area contributed by atoms with Gasteiger partial charge in [0.25, 0.3) is 0 Å². The first-order valence-electron chi connectivity index (χ1n) is 6.33. The highest BCUT2D eigenvalue weighted by atomic mass is 19.4. The fourth-order valence-corrected chi connectivity index (χ4v) is 1.98. The Hall–Kier alpha value is -1.97. The summed E-state index contributed by atoms with van der Waals surface area (Å²) in [4.78, 5) is 0. The van der Waals surface area contributed by atoms with Gasteiger partial charge in [0.1, 0.15) is 0 Å². The smallest absolute Gasteiger partial charge is 0.381 e. The van der Waals surface area contributed by atoms with Gasteiger partial charge in [-0.25, -0.2) is 0 Å². The SMILES string of the molecule is Cc1ccc(C)c(NCc2cccc(C(F)(F)F)c2)c1. The first kappa shape index (κ1) is 14.4. The van der Waals surface area contributed by atoms with Gasteiger partial charge in [0, 0.05) is 12.2 Å². The lowest BCUT2D eigenvalue weighted by molar-refractivity contribution is -0.137. The highest BCUT2D eigenvalue weighted by molar-refractivity contribution is 5.52. The summed E-state index contributed by atoms with van der Waals surface area (Å²) < 4.78 is 37.9. The Morgan fingerprint density at radius 2 is 1.75 bits per heavy atom. The van der Waals surface area contributed by atoms with E-state index in [4.69, 9.17) is 0 Å². The Morgan fingerprint density at radius 3 is 2.45 bits per heavy atom. The fourth-order valence-electron chi connectivity index (χ4n) is 1.98. The maximum absolute atomic E-state index is 12.6. The zero-order chi connectivity index (χ0) is 14.8. The van der Waals surface area contributed by atoms with Gasteiger partial charge in [-0.05, 0) is 48.7 Å². The van der Waals surface area contributed by atoms with Crippen molar-refractivity contribution in [3.8, 4) is 0 Å². The third kappa shape index (κ3) is 3.53. The molecule has 0 amide bonds. The van der Waals surface area contributed by atoms with Gasteiger partial charge in [-0.15, -0.1) is 0 Å². The van der Waals surface area contributed by atoms with Crippen molar-refractivity contribution in [1.82, 2.24) is 0 Å². The predicted molar refractivity (Wildman–Crippen MR) is 74.7 cm³/mol. The molecule has 2 rings (SSSR count). The Morgan fingerprint density at radius 1 is 1.00 bits per heavy atom. The Bertz CT molecular complexity index is 603. The standard InChI is InChI=1S/C16H16F3N/c1-11-6-7-12(2)15(8-11)20-10-13-4-3-5-14(9-13)16(17,18)19/h3-9,20H,10H2,1-2H3. The van der Waals surface area contributed by atoms with Gasteiger partial charge >= 0.3 is 6.18 Å². The van der Waals surface area contributed by atoms with Crippen molar-refractivity contribution in [1.29, 1.82) is 0 Å². The number of halogens is 3. The molecule has 0 fully saturated rings. The van der Waals surface area contributed by atoms with Crippen LogP contribution >= 0.6 is 0 Å². The predicted octanol–water partition coefficient (Wildman–Crippen LogP) is 4.93. The van der Waals surface area contributed by atoms with E-state index in [9.17, 15) is 13.2 Å². The van der Waals surface area contributed by atoms with Crippen LogP contribution in [0.25, 0.3) is 0 Å². The molecule has 0 radical (unpaired) electrons. The summed E-state index contributed by atoms with van der Waals surface area (Å²) in [5.41, 5.74) is 3.13. The molecule has 1 N–H and O–H groups in total. The normalized spacial score (nSPS) is 11.4. The number of aryl methyl sites for hydroxylation is 2. The molecule has 0 spiro atoms. The number of anilines is 1. The minimum Gasteiger partial charge on any atom is -0.381 e. The highest BCUT2D eigenvalue weighted by Gasteiger charge is 2.30. The van der Waals surface area contributed by atoms with Gasteiger partial charge in [-0.2, -0.15) is 13.2 Å². The maximum Gasteiger partial charge on any atom is 0.416 e. The first-order valence-corrected chi connectivity index (χ1v) is 6.33. The van der Waals surface area contributed by atoms with Crippen LogP contribution in [0.15, 0.2) is 42.5 Å². The van der Waals surface area contributed by atoms with Crippen LogP contribution in [0.4, 0.5) is 18.9 Å². The molecule has 0 saturated carbocycles. The van der Waals surface area contributed by atoms with Crippen molar-refractivity contribution >= 4 is 5.69 Å². The Kier molecular flexibility index (Phi) is 4.02. The molecule has 0 heterocycles. The third-order valence-corrected chi connectivity index (χ3v) is 3.13. The highest BCUT2D eigenvalue weighted by Crippen LogP contribution is 2.29. The molecule has 106 valence electrons. The van der Waals surface area contributed by atoms with E-state index in [0.29, 0.717) is 12.1 Å². The summed E-state index contributed by atoms with van der Waals surface area (Å²) >= 11 is 0. The molecule has 0 aliphatic rings. The Labute approximate surface area is 116 Å². The van der Waals surface area contributed by atoms with Crippen LogP contribution in [0.1, 0.15) is 22.3 Å². The van der Waals surface area contributed by atoms with Crippen molar-refractivity contribution in [3.63, 3.8) is 0 Å². The number of benzene rings is 2. The van der Waals surface area contributed by atoms with Gasteiger partial charge in [0.2, 0.25) is 0 Å². The third-order valence-electron chi connectivity index (χ3n) is 3.13. The summed E-state index contributed by atoms with van der Waals surface area (Å²) in [6.07, 6.45) is -4.30. The molecular weight excluding hydrogens is 263 g/mol. The molecule has 0 unspecified atom stereocenters. The van der Waals surface area contributed by atoms with E-state index in [2.05, 4.69) is 5.32 Å². The van der Waals surface area contributed by atoms with E-state index >= 15 is 0 Å². The summed E-state index contributed by atoms with van der Waals surface area (Å²) in [5, 5.41) is 3.18. The zero-order valence-electron chi connectivity index (χ0n) is 11.4. The fraction of sp³-hybridized carbons (Fsp3) is 0.250. The van der Waals surface area contributed by atoms with Crippen LogP contribution in [-0.2, 0) is 12.7 Å². The largest absolute Gasteiger partial charge is 0.416 e. The van der Waals surface area contributed by atoms with Crippen molar-refractivity contribution in [3.05, 3.63) is 64.7 Å². The molecule has 0 atom stereocenters. The van der Waals surface area contributed by atoms with E-state index in [-0.39, 0.29) is 0 Å². The molecule has 0 aliphatic heterocycles. The second-order valence-corrected chi connectivity index (χ2v) is 4.87. The number of hydrogen-bond acceptors (Lipinski definition) is 1. The van der Waals surface area contributed by atoms with E-state index < -0.39 is 11.7 Å². The molecule has 1 nitrogen and oxygen atoms in total. The number of rotatable bonds is 3. The molecular formula is C16H16F3N. The van der Waals surface area contributed by atoms with Gasteiger partial charge in [-0.1, -0.05) is 24.3 Å². The molecule has 0 aromatic heterocycles. The maximum atomic E-state index is 12.6. The Balaban J connectivity index is 2.13. The molecule has 4 heteroatoms. The lowest BCUT2D eigenvalue weighted by atomic mass is 10.1. The lowest BCUT2D eigenvalue weighted by Crippen LogP contribution is -2.07. The van der Waals surface area contributed by atoms with Gasteiger partial charge < -0.3 is 5.32 Å². The molecule has 2 aromatic rings. The van der Waals surface area contributed by atoms with Crippen LogP contribution in [0.2, 0.25) is 0 Å². The average molecular weight is 279 g/mol. The van der Waals surface area contributed by atoms with Crippen LogP contribution < -0.4 is 5.32 Å². The summed E-state index contributed by atoms with van der Waals surface area (Å²) in [7, 11) is 0. The van der Waals surface area contributed by atoms with E-state index in [1.54, 1.807) is 6.07 Å². The number of alkyl halides is 3. The molecule has 0 bridgehead atoms. The molecule has 20 heavy (non-hydrogen) atoms.